The highest BCUT2D eigenvalue weighted by atomic mass is 35.5. The van der Waals surface area contributed by atoms with Crippen molar-refractivity contribution < 1.29 is 9.59 Å². The molecule has 4 N–H and O–H groups in total. The first-order chi connectivity index (χ1) is 8.88. The third-order valence-electron chi connectivity index (χ3n) is 3.10. The topological polar surface area (TPSA) is 84.2 Å². The zero-order valence-corrected chi connectivity index (χ0v) is 11.5. The van der Waals surface area contributed by atoms with E-state index in [0.717, 1.165) is 5.56 Å². The Labute approximate surface area is 116 Å². The van der Waals surface area contributed by atoms with Crippen molar-refractivity contribution >= 4 is 34.8 Å². The predicted octanol–water partition coefficient (Wildman–Crippen LogP) is 1.76. The molecule has 1 aliphatic rings. The SMILES string of the molecule is CC(C)[C@H](N)C(=O)Nc1cc2c(cc1Cl)NC(=O)C2. The highest BCUT2D eigenvalue weighted by molar-refractivity contribution is 6.34. The van der Waals surface area contributed by atoms with Gasteiger partial charge in [0.05, 0.1) is 23.2 Å². The summed E-state index contributed by atoms with van der Waals surface area (Å²) in [6.07, 6.45) is 0.297. The van der Waals surface area contributed by atoms with Crippen LogP contribution in [0.4, 0.5) is 11.4 Å². The summed E-state index contributed by atoms with van der Waals surface area (Å²) in [4.78, 5) is 23.2. The molecule has 6 heteroatoms. The number of hydrogen-bond donors (Lipinski definition) is 3. The molecule has 0 saturated carbocycles. The molecular weight excluding hydrogens is 266 g/mol. The van der Waals surface area contributed by atoms with Crippen LogP contribution in [0.25, 0.3) is 0 Å². The lowest BCUT2D eigenvalue weighted by Crippen LogP contribution is -2.39. The third-order valence-corrected chi connectivity index (χ3v) is 3.41. The van der Waals surface area contributed by atoms with Crippen molar-refractivity contribution in [2.45, 2.75) is 26.3 Å². The summed E-state index contributed by atoms with van der Waals surface area (Å²) in [5.41, 5.74) is 7.77. The Bertz CT molecular complexity index is 543. The minimum atomic E-state index is -0.593. The largest absolute Gasteiger partial charge is 0.325 e. The van der Waals surface area contributed by atoms with Gasteiger partial charge in [-0.2, -0.15) is 0 Å². The quantitative estimate of drug-likeness (QED) is 0.789. The molecule has 102 valence electrons. The Morgan fingerprint density at radius 2 is 2.16 bits per heavy atom. The van der Waals surface area contributed by atoms with Crippen molar-refractivity contribution in [3.63, 3.8) is 0 Å². The molecule has 1 aromatic rings. The number of rotatable bonds is 3. The van der Waals surface area contributed by atoms with Gasteiger partial charge >= 0.3 is 0 Å². The van der Waals surface area contributed by atoms with Gasteiger partial charge in [0.15, 0.2) is 0 Å². The Hall–Kier alpha value is -1.59. The van der Waals surface area contributed by atoms with E-state index in [0.29, 0.717) is 22.8 Å². The lowest BCUT2D eigenvalue weighted by molar-refractivity contribution is -0.118. The van der Waals surface area contributed by atoms with Crippen LogP contribution >= 0.6 is 11.6 Å². The molecule has 1 heterocycles. The van der Waals surface area contributed by atoms with Crippen LogP contribution in [-0.4, -0.2) is 17.9 Å². The summed E-state index contributed by atoms with van der Waals surface area (Å²) in [7, 11) is 0. The zero-order valence-electron chi connectivity index (χ0n) is 10.8. The molecule has 0 bridgehead atoms. The molecular formula is C13H16ClN3O2. The fourth-order valence-corrected chi connectivity index (χ4v) is 2.07. The van der Waals surface area contributed by atoms with Crippen LogP contribution in [0.3, 0.4) is 0 Å². The van der Waals surface area contributed by atoms with Gasteiger partial charge in [0, 0.05) is 5.69 Å². The highest BCUT2D eigenvalue weighted by Gasteiger charge is 2.22. The van der Waals surface area contributed by atoms with Gasteiger partial charge in [0.25, 0.3) is 0 Å². The van der Waals surface area contributed by atoms with Crippen molar-refractivity contribution in [3.8, 4) is 0 Å². The number of nitrogens with two attached hydrogens (primary N) is 1. The van der Waals surface area contributed by atoms with Gasteiger partial charge in [0.1, 0.15) is 0 Å². The Balaban J connectivity index is 2.20. The van der Waals surface area contributed by atoms with E-state index in [4.69, 9.17) is 17.3 Å². The second-order valence-corrected chi connectivity index (χ2v) is 5.38. The van der Waals surface area contributed by atoms with Gasteiger partial charge in [-0.1, -0.05) is 25.4 Å². The van der Waals surface area contributed by atoms with E-state index >= 15 is 0 Å². The second-order valence-electron chi connectivity index (χ2n) is 4.97. The van der Waals surface area contributed by atoms with Gasteiger partial charge < -0.3 is 16.4 Å². The van der Waals surface area contributed by atoms with Gasteiger partial charge in [-0.05, 0) is 23.6 Å². The molecule has 0 aromatic heterocycles. The molecule has 0 spiro atoms. The number of anilines is 2. The number of hydrogen-bond acceptors (Lipinski definition) is 3. The summed E-state index contributed by atoms with van der Waals surface area (Å²) < 4.78 is 0. The molecule has 1 atom stereocenters. The first kappa shape index (κ1) is 13.8. The maximum absolute atomic E-state index is 11.9. The molecule has 2 amide bonds. The van der Waals surface area contributed by atoms with Gasteiger partial charge in [-0.25, -0.2) is 0 Å². The van der Waals surface area contributed by atoms with E-state index in [9.17, 15) is 9.59 Å². The van der Waals surface area contributed by atoms with Crippen LogP contribution < -0.4 is 16.4 Å². The lowest BCUT2D eigenvalue weighted by Gasteiger charge is -2.16. The average Bonchev–Trinajstić information content (AvgIpc) is 2.67. The summed E-state index contributed by atoms with van der Waals surface area (Å²) in [6.45, 7) is 3.74. The Morgan fingerprint density at radius 1 is 1.47 bits per heavy atom. The Morgan fingerprint density at radius 3 is 2.79 bits per heavy atom. The zero-order chi connectivity index (χ0) is 14.2. The second kappa shape index (κ2) is 5.19. The molecule has 19 heavy (non-hydrogen) atoms. The van der Waals surface area contributed by atoms with E-state index in [2.05, 4.69) is 10.6 Å². The maximum Gasteiger partial charge on any atom is 0.241 e. The van der Waals surface area contributed by atoms with Crippen LogP contribution in [0.15, 0.2) is 12.1 Å². The molecule has 5 nitrogen and oxygen atoms in total. The number of benzene rings is 1. The first-order valence-electron chi connectivity index (χ1n) is 6.07. The molecule has 0 saturated heterocycles. The smallest absolute Gasteiger partial charge is 0.241 e. The molecule has 0 fully saturated rings. The van der Waals surface area contributed by atoms with Crippen LogP contribution in [0.2, 0.25) is 5.02 Å². The average molecular weight is 282 g/mol. The van der Waals surface area contributed by atoms with Gasteiger partial charge in [0.2, 0.25) is 11.8 Å². The molecule has 1 aromatic carbocycles. The van der Waals surface area contributed by atoms with Gasteiger partial charge in [-0.3, -0.25) is 9.59 Å². The maximum atomic E-state index is 11.9. The number of carbonyl (C=O) groups excluding carboxylic acids is 2. The molecule has 1 aliphatic heterocycles. The van der Waals surface area contributed by atoms with Crippen molar-refractivity contribution in [2.24, 2.45) is 11.7 Å². The fourth-order valence-electron chi connectivity index (χ4n) is 1.86. The van der Waals surface area contributed by atoms with Crippen molar-refractivity contribution in [2.75, 3.05) is 10.6 Å². The fraction of sp³-hybridized carbons (Fsp3) is 0.385. The predicted molar refractivity (Wildman–Crippen MR) is 75.2 cm³/mol. The first-order valence-corrected chi connectivity index (χ1v) is 6.45. The van der Waals surface area contributed by atoms with E-state index in [-0.39, 0.29) is 17.7 Å². The van der Waals surface area contributed by atoms with E-state index in [1.807, 2.05) is 13.8 Å². The minimum absolute atomic E-state index is 0.0384. The van der Waals surface area contributed by atoms with E-state index in [1.165, 1.54) is 0 Å². The summed E-state index contributed by atoms with van der Waals surface area (Å²) in [6, 6.07) is 2.75. The molecule has 0 radical (unpaired) electrons. The normalized spacial score (nSPS) is 15.1. The number of carbonyl (C=O) groups is 2. The number of amides is 2. The van der Waals surface area contributed by atoms with Crippen LogP contribution in [0.5, 0.6) is 0 Å². The lowest BCUT2D eigenvalue weighted by atomic mass is 10.0. The van der Waals surface area contributed by atoms with Crippen molar-refractivity contribution in [1.82, 2.24) is 0 Å². The van der Waals surface area contributed by atoms with E-state index in [1.54, 1.807) is 12.1 Å². The number of nitrogens with one attached hydrogen (secondary N) is 2. The van der Waals surface area contributed by atoms with Crippen LogP contribution in [0, 0.1) is 5.92 Å². The molecule has 2 rings (SSSR count). The summed E-state index contributed by atoms with van der Waals surface area (Å²) in [5, 5.41) is 5.78. The highest BCUT2D eigenvalue weighted by Crippen LogP contribution is 2.32. The van der Waals surface area contributed by atoms with Gasteiger partial charge in [-0.15, -0.1) is 0 Å². The van der Waals surface area contributed by atoms with Crippen LogP contribution in [0.1, 0.15) is 19.4 Å². The monoisotopic (exact) mass is 281 g/mol. The Kier molecular flexibility index (Phi) is 3.78. The third kappa shape index (κ3) is 2.88. The standard InChI is InChI=1S/C13H16ClN3O2/c1-6(2)12(15)13(19)17-10-3-7-4-11(18)16-9(7)5-8(10)14/h3,5-6,12H,4,15H2,1-2H3,(H,16,18)(H,17,19)/t12-/m0/s1. The van der Waals surface area contributed by atoms with Crippen molar-refractivity contribution in [3.05, 3.63) is 22.7 Å². The summed E-state index contributed by atoms with van der Waals surface area (Å²) >= 11 is 6.08. The van der Waals surface area contributed by atoms with Crippen molar-refractivity contribution in [1.29, 1.82) is 0 Å². The number of halogens is 1. The molecule has 0 aliphatic carbocycles. The van der Waals surface area contributed by atoms with E-state index < -0.39 is 6.04 Å². The minimum Gasteiger partial charge on any atom is -0.325 e. The van der Waals surface area contributed by atoms with Crippen LogP contribution in [-0.2, 0) is 16.0 Å². The molecule has 0 unspecified atom stereocenters. The summed E-state index contributed by atoms with van der Waals surface area (Å²) in [5.74, 6) is -0.320. The number of fused-ring (bicyclic) bond motifs is 1.